The van der Waals surface area contributed by atoms with Gasteiger partial charge in [0.1, 0.15) is 6.54 Å². The minimum absolute atomic E-state index is 0.805. The molecule has 2 N–H and O–H groups in total. The van der Waals surface area contributed by atoms with Crippen molar-refractivity contribution in [2.75, 3.05) is 12.8 Å². The van der Waals surface area contributed by atoms with E-state index in [4.69, 9.17) is 5.73 Å². The molecule has 0 aromatic heterocycles. The maximum absolute atomic E-state index is 6.44. The maximum Gasteiger partial charge on any atom is 0.107 e. The van der Waals surface area contributed by atoms with Crippen LogP contribution in [0.3, 0.4) is 0 Å². The molecule has 1 aromatic carbocycles. The average molecular weight is 459 g/mol. The van der Waals surface area contributed by atoms with Crippen LogP contribution in [0.4, 0.5) is 5.69 Å². The van der Waals surface area contributed by atoms with Gasteiger partial charge >= 0.3 is 0 Å². The van der Waals surface area contributed by atoms with Crippen LogP contribution in [-0.2, 0) is 6.54 Å². The Hall–Kier alpha value is -0.0600. The van der Waals surface area contributed by atoms with Gasteiger partial charge in [0, 0.05) is 14.5 Å². The molecule has 0 unspecified atom stereocenters. The quantitative estimate of drug-likeness (QED) is 0.409. The van der Waals surface area contributed by atoms with E-state index in [0.29, 0.717) is 0 Å². The highest BCUT2D eigenvalue weighted by Crippen LogP contribution is 2.39. The number of quaternary nitrogens is 1. The first-order valence-electron chi connectivity index (χ1n) is 9.59. The summed E-state index contributed by atoms with van der Waals surface area (Å²) in [6.07, 6.45) is 14.0. The average Bonchev–Trinajstić information content (AvgIpc) is 2.60. The number of rotatable bonds is 4. The normalized spacial score (nSPS) is 21.1. The Morgan fingerprint density at radius 1 is 0.917 bits per heavy atom. The second kappa shape index (κ2) is 8.09. The van der Waals surface area contributed by atoms with Gasteiger partial charge in [0.15, 0.2) is 0 Å². The van der Waals surface area contributed by atoms with Crippen molar-refractivity contribution in [3.8, 4) is 0 Å². The third-order valence-corrected chi connectivity index (χ3v) is 7.62. The minimum Gasteiger partial charge on any atom is -0.397 e. The predicted molar refractivity (Wildman–Crippen MR) is 110 cm³/mol. The Morgan fingerprint density at radius 3 is 1.92 bits per heavy atom. The number of nitrogen functional groups attached to an aromatic ring is 1. The lowest BCUT2D eigenvalue weighted by atomic mass is 9.85. The van der Waals surface area contributed by atoms with Crippen molar-refractivity contribution in [2.24, 2.45) is 0 Å². The summed E-state index contributed by atoms with van der Waals surface area (Å²) in [5, 5.41) is 0. The molecule has 0 aliphatic heterocycles. The van der Waals surface area contributed by atoms with Gasteiger partial charge in [-0.2, -0.15) is 0 Å². The molecule has 2 aliphatic rings. The SMILES string of the molecule is C[N+](Cc1cc(Br)cc(Br)c1N)(C1CCCCC1)C1CCCCC1. The number of halogens is 2. The van der Waals surface area contributed by atoms with Crippen molar-refractivity contribution in [2.45, 2.75) is 82.8 Å². The maximum atomic E-state index is 6.44. The van der Waals surface area contributed by atoms with Crippen molar-refractivity contribution < 1.29 is 4.48 Å². The molecule has 1 aromatic rings. The molecule has 2 saturated carbocycles. The van der Waals surface area contributed by atoms with E-state index >= 15 is 0 Å². The van der Waals surface area contributed by atoms with Gasteiger partial charge in [0.2, 0.25) is 0 Å². The van der Waals surface area contributed by atoms with Crippen LogP contribution < -0.4 is 5.73 Å². The molecule has 0 radical (unpaired) electrons. The number of benzene rings is 1. The standard InChI is InChI=1S/C20H31Br2N2/c1-24(17-8-4-2-5-9-17,18-10-6-3-7-11-18)14-15-12-16(21)13-19(22)20(15)23/h12-13,17-18H,2-11,14,23H2,1H3/q+1. The summed E-state index contributed by atoms with van der Waals surface area (Å²) in [5.74, 6) is 0. The van der Waals surface area contributed by atoms with E-state index in [1.807, 2.05) is 0 Å². The molecule has 24 heavy (non-hydrogen) atoms. The van der Waals surface area contributed by atoms with E-state index < -0.39 is 0 Å². The van der Waals surface area contributed by atoms with Crippen LogP contribution in [-0.4, -0.2) is 23.6 Å². The van der Waals surface area contributed by atoms with Crippen molar-refractivity contribution in [3.05, 3.63) is 26.6 Å². The molecule has 0 saturated heterocycles. The van der Waals surface area contributed by atoms with Crippen LogP contribution in [0.1, 0.15) is 69.8 Å². The van der Waals surface area contributed by atoms with E-state index in [2.05, 4.69) is 51.0 Å². The van der Waals surface area contributed by atoms with Crippen LogP contribution in [0.25, 0.3) is 0 Å². The lowest BCUT2D eigenvalue weighted by Gasteiger charge is -2.50. The molecule has 2 nitrogen and oxygen atoms in total. The second-order valence-electron chi connectivity index (χ2n) is 8.05. The van der Waals surface area contributed by atoms with Gasteiger partial charge in [-0.1, -0.05) is 28.8 Å². The number of nitrogens with zero attached hydrogens (tertiary/aromatic N) is 1. The zero-order valence-corrected chi connectivity index (χ0v) is 18.0. The molecule has 134 valence electrons. The van der Waals surface area contributed by atoms with Gasteiger partial charge in [0.05, 0.1) is 24.8 Å². The summed E-state index contributed by atoms with van der Waals surface area (Å²) in [6, 6.07) is 5.91. The van der Waals surface area contributed by atoms with E-state index in [0.717, 1.165) is 33.3 Å². The Bertz CT molecular complexity index is 543. The van der Waals surface area contributed by atoms with Gasteiger partial charge in [-0.15, -0.1) is 0 Å². The van der Waals surface area contributed by atoms with Gasteiger partial charge in [-0.25, -0.2) is 0 Å². The summed E-state index contributed by atoms with van der Waals surface area (Å²) < 4.78 is 3.34. The topological polar surface area (TPSA) is 26.0 Å². The zero-order chi connectivity index (χ0) is 17.2. The molecule has 2 aliphatic carbocycles. The number of anilines is 1. The summed E-state index contributed by atoms with van der Waals surface area (Å²) in [6.45, 7) is 1.07. The lowest BCUT2D eigenvalue weighted by Crippen LogP contribution is -2.59. The zero-order valence-electron chi connectivity index (χ0n) is 14.9. The summed E-state index contributed by atoms with van der Waals surface area (Å²) in [4.78, 5) is 0. The third kappa shape index (κ3) is 4.02. The molecule has 4 heteroatoms. The van der Waals surface area contributed by atoms with E-state index in [1.54, 1.807) is 0 Å². The summed E-state index contributed by atoms with van der Waals surface area (Å²) in [5.41, 5.74) is 8.67. The number of nitrogens with two attached hydrogens (primary N) is 1. The van der Waals surface area contributed by atoms with Crippen LogP contribution in [0.5, 0.6) is 0 Å². The molecule has 3 rings (SSSR count). The molecule has 0 bridgehead atoms. The van der Waals surface area contributed by atoms with Gasteiger partial charge in [-0.3, -0.25) is 0 Å². The fourth-order valence-corrected chi connectivity index (χ4v) is 6.35. The van der Waals surface area contributed by atoms with Crippen LogP contribution in [0.15, 0.2) is 21.1 Å². The van der Waals surface area contributed by atoms with E-state index in [1.165, 1.54) is 74.3 Å². The van der Waals surface area contributed by atoms with E-state index in [-0.39, 0.29) is 0 Å². The fourth-order valence-electron chi connectivity index (χ4n) is 5.03. The molecule has 0 amide bonds. The lowest BCUT2D eigenvalue weighted by molar-refractivity contribution is -0.971. The number of hydrogen-bond donors (Lipinski definition) is 1. The molecule has 0 heterocycles. The van der Waals surface area contributed by atoms with Crippen molar-refractivity contribution in [3.63, 3.8) is 0 Å². The van der Waals surface area contributed by atoms with Crippen LogP contribution >= 0.6 is 31.9 Å². The largest absolute Gasteiger partial charge is 0.397 e. The first-order chi connectivity index (χ1) is 11.5. The monoisotopic (exact) mass is 457 g/mol. The highest BCUT2D eigenvalue weighted by atomic mass is 79.9. The van der Waals surface area contributed by atoms with Crippen LogP contribution in [0.2, 0.25) is 0 Å². The fraction of sp³-hybridized carbons (Fsp3) is 0.700. The molecule has 0 atom stereocenters. The predicted octanol–water partition coefficient (Wildman–Crippen LogP) is 6.41. The molecular weight excluding hydrogens is 428 g/mol. The van der Waals surface area contributed by atoms with Crippen molar-refractivity contribution in [1.82, 2.24) is 0 Å². The third-order valence-electron chi connectivity index (χ3n) is 6.51. The van der Waals surface area contributed by atoms with Gasteiger partial charge < -0.3 is 10.2 Å². The van der Waals surface area contributed by atoms with Gasteiger partial charge in [0.25, 0.3) is 0 Å². The van der Waals surface area contributed by atoms with Gasteiger partial charge in [-0.05, 0) is 79.4 Å². The Balaban J connectivity index is 1.92. The molecule has 0 spiro atoms. The summed E-state index contributed by atoms with van der Waals surface area (Å²) >= 11 is 7.29. The molecule has 2 fully saturated rings. The Kier molecular flexibility index (Phi) is 6.31. The van der Waals surface area contributed by atoms with E-state index in [9.17, 15) is 0 Å². The highest BCUT2D eigenvalue weighted by Gasteiger charge is 2.41. The number of hydrogen-bond acceptors (Lipinski definition) is 1. The minimum atomic E-state index is 0.805. The smallest absolute Gasteiger partial charge is 0.107 e. The van der Waals surface area contributed by atoms with Crippen molar-refractivity contribution >= 4 is 37.5 Å². The first-order valence-corrected chi connectivity index (χ1v) is 11.2. The molecular formula is C20H31Br2N2+. The summed E-state index contributed by atoms with van der Waals surface area (Å²) in [7, 11) is 2.53. The Labute approximate surface area is 164 Å². The first kappa shape index (κ1) is 18.7. The van der Waals surface area contributed by atoms with Crippen LogP contribution in [0, 0.1) is 0 Å². The Morgan fingerprint density at radius 2 is 1.42 bits per heavy atom. The van der Waals surface area contributed by atoms with Crippen molar-refractivity contribution in [1.29, 1.82) is 0 Å². The highest BCUT2D eigenvalue weighted by molar-refractivity contribution is 9.11. The second-order valence-corrected chi connectivity index (χ2v) is 9.82.